The van der Waals surface area contributed by atoms with Gasteiger partial charge in [-0.25, -0.2) is 13.2 Å². The van der Waals surface area contributed by atoms with Crippen molar-refractivity contribution in [2.45, 2.75) is 17.1 Å². The Morgan fingerprint density at radius 1 is 1.33 bits per heavy atom. The van der Waals surface area contributed by atoms with Crippen LogP contribution in [0.5, 0.6) is 0 Å². The van der Waals surface area contributed by atoms with Gasteiger partial charge in [-0.05, 0) is 17.7 Å². The van der Waals surface area contributed by atoms with E-state index in [0.29, 0.717) is 0 Å². The third kappa shape index (κ3) is 3.28. The van der Waals surface area contributed by atoms with Crippen LogP contribution in [0.3, 0.4) is 0 Å². The van der Waals surface area contributed by atoms with Gasteiger partial charge in [0.1, 0.15) is 6.10 Å². The molecule has 100 valence electrons. The van der Waals surface area contributed by atoms with E-state index in [2.05, 4.69) is 4.74 Å². The van der Waals surface area contributed by atoms with Crippen molar-refractivity contribution in [1.29, 1.82) is 0 Å². The number of aliphatic hydroxyl groups excluding tert-OH is 2. The van der Waals surface area contributed by atoms with Crippen LogP contribution in [0.4, 0.5) is 0 Å². The number of hydrogen-bond acceptors (Lipinski definition) is 6. The van der Waals surface area contributed by atoms with Gasteiger partial charge in [0, 0.05) is 6.26 Å². The maximum Gasteiger partial charge on any atom is 0.337 e. The van der Waals surface area contributed by atoms with Gasteiger partial charge in [-0.1, -0.05) is 12.1 Å². The standard InChI is InChI=1S/C11H14O6S/c1-17-11(14)10(13)9(12)7-4-3-5-8(6-7)18(2,15)16/h3-6,9-10,12-13H,1-2H3. The molecule has 0 aliphatic carbocycles. The monoisotopic (exact) mass is 274 g/mol. The lowest BCUT2D eigenvalue weighted by molar-refractivity contribution is -0.156. The highest BCUT2D eigenvalue weighted by atomic mass is 32.2. The number of aliphatic hydroxyl groups is 2. The van der Waals surface area contributed by atoms with E-state index in [1.807, 2.05) is 0 Å². The molecule has 0 fully saturated rings. The Hall–Kier alpha value is -1.44. The summed E-state index contributed by atoms with van der Waals surface area (Å²) in [6.07, 6.45) is -2.28. The third-order valence-corrected chi connectivity index (χ3v) is 3.48. The average Bonchev–Trinajstić information content (AvgIpc) is 2.35. The van der Waals surface area contributed by atoms with Crippen molar-refractivity contribution in [3.8, 4) is 0 Å². The molecule has 1 aromatic rings. The normalized spacial score (nSPS) is 14.9. The number of methoxy groups -OCH3 is 1. The van der Waals surface area contributed by atoms with E-state index in [4.69, 9.17) is 0 Å². The van der Waals surface area contributed by atoms with Crippen molar-refractivity contribution >= 4 is 15.8 Å². The van der Waals surface area contributed by atoms with Crippen LogP contribution in [0.1, 0.15) is 11.7 Å². The van der Waals surface area contributed by atoms with Crippen LogP contribution in [-0.4, -0.2) is 44.1 Å². The van der Waals surface area contributed by atoms with Crippen LogP contribution in [-0.2, 0) is 19.4 Å². The zero-order valence-corrected chi connectivity index (χ0v) is 10.7. The molecule has 2 unspecified atom stereocenters. The number of rotatable bonds is 4. The van der Waals surface area contributed by atoms with Crippen LogP contribution in [0, 0.1) is 0 Å². The summed E-state index contributed by atoms with van der Waals surface area (Å²) in [6.45, 7) is 0. The van der Waals surface area contributed by atoms with Crippen LogP contribution in [0.15, 0.2) is 29.2 Å². The van der Waals surface area contributed by atoms with E-state index in [1.54, 1.807) is 0 Å². The van der Waals surface area contributed by atoms with E-state index in [-0.39, 0.29) is 10.5 Å². The smallest absolute Gasteiger partial charge is 0.337 e. The molecule has 0 heterocycles. The Balaban J connectivity index is 3.08. The highest BCUT2D eigenvalue weighted by Gasteiger charge is 2.27. The number of carbonyl (C=O) groups excluding carboxylic acids is 1. The lowest BCUT2D eigenvalue weighted by Gasteiger charge is -2.16. The summed E-state index contributed by atoms with van der Waals surface area (Å²) < 4.78 is 26.9. The van der Waals surface area contributed by atoms with Gasteiger partial charge in [0.05, 0.1) is 12.0 Å². The summed E-state index contributed by atoms with van der Waals surface area (Å²) in [5.74, 6) is -0.993. The lowest BCUT2D eigenvalue weighted by Crippen LogP contribution is -2.29. The molecule has 2 N–H and O–H groups in total. The molecule has 1 aromatic carbocycles. The van der Waals surface area contributed by atoms with E-state index < -0.39 is 28.0 Å². The fourth-order valence-electron chi connectivity index (χ4n) is 1.36. The molecule has 18 heavy (non-hydrogen) atoms. The van der Waals surface area contributed by atoms with Gasteiger partial charge in [0.2, 0.25) is 0 Å². The summed E-state index contributed by atoms with van der Waals surface area (Å²) in [5, 5.41) is 19.2. The topological polar surface area (TPSA) is 101 Å². The Bertz CT molecular complexity index is 536. The number of sulfone groups is 1. The first-order chi connectivity index (χ1) is 8.27. The highest BCUT2D eigenvalue weighted by molar-refractivity contribution is 7.90. The molecule has 0 aliphatic heterocycles. The summed E-state index contributed by atoms with van der Waals surface area (Å²) in [7, 11) is -2.34. The van der Waals surface area contributed by atoms with Crippen LogP contribution in [0.25, 0.3) is 0 Å². The molecule has 0 spiro atoms. The molecule has 2 atom stereocenters. The second-order valence-corrected chi connectivity index (χ2v) is 5.77. The van der Waals surface area contributed by atoms with Gasteiger partial charge in [-0.15, -0.1) is 0 Å². The summed E-state index contributed by atoms with van der Waals surface area (Å²) in [5.41, 5.74) is 0.121. The third-order valence-electron chi connectivity index (χ3n) is 2.37. The Labute approximate surface area is 105 Å². The van der Waals surface area contributed by atoms with Gasteiger partial charge >= 0.3 is 5.97 Å². The quantitative estimate of drug-likeness (QED) is 0.728. The minimum atomic E-state index is -3.42. The fraction of sp³-hybridized carbons (Fsp3) is 0.364. The van der Waals surface area contributed by atoms with Crippen molar-refractivity contribution in [2.75, 3.05) is 13.4 Å². The number of esters is 1. The predicted molar refractivity (Wildman–Crippen MR) is 62.5 cm³/mol. The molecule has 0 aliphatic rings. The summed E-state index contributed by atoms with van der Waals surface area (Å²) in [4.78, 5) is 11.1. The largest absolute Gasteiger partial charge is 0.467 e. The van der Waals surface area contributed by atoms with Gasteiger partial charge in [0.15, 0.2) is 15.9 Å². The number of carbonyl (C=O) groups is 1. The van der Waals surface area contributed by atoms with Gasteiger partial charge in [-0.2, -0.15) is 0 Å². The second-order valence-electron chi connectivity index (χ2n) is 3.76. The Morgan fingerprint density at radius 2 is 1.94 bits per heavy atom. The number of hydrogen-bond donors (Lipinski definition) is 2. The first-order valence-corrected chi connectivity index (χ1v) is 6.90. The van der Waals surface area contributed by atoms with Crippen molar-refractivity contribution in [3.63, 3.8) is 0 Å². The maximum atomic E-state index is 11.3. The Morgan fingerprint density at radius 3 is 2.44 bits per heavy atom. The zero-order valence-electron chi connectivity index (χ0n) is 9.90. The predicted octanol–water partition coefficient (Wildman–Crippen LogP) is -0.343. The first kappa shape index (κ1) is 14.6. The van der Waals surface area contributed by atoms with Gasteiger partial charge < -0.3 is 14.9 Å². The average molecular weight is 274 g/mol. The molecule has 0 radical (unpaired) electrons. The Kier molecular flexibility index (Phi) is 4.44. The molecule has 0 saturated carbocycles. The second kappa shape index (κ2) is 5.47. The molecular weight excluding hydrogens is 260 g/mol. The molecule has 0 amide bonds. The SMILES string of the molecule is COC(=O)C(O)C(O)c1cccc(S(C)(=O)=O)c1. The lowest BCUT2D eigenvalue weighted by atomic mass is 10.0. The molecule has 0 bridgehead atoms. The van der Waals surface area contributed by atoms with Gasteiger partial charge in [0.25, 0.3) is 0 Å². The number of benzene rings is 1. The van der Waals surface area contributed by atoms with Crippen LogP contribution < -0.4 is 0 Å². The van der Waals surface area contributed by atoms with E-state index >= 15 is 0 Å². The minimum Gasteiger partial charge on any atom is -0.467 e. The molecule has 1 rings (SSSR count). The van der Waals surface area contributed by atoms with Crippen molar-refractivity contribution in [1.82, 2.24) is 0 Å². The zero-order chi connectivity index (χ0) is 13.9. The summed E-state index contributed by atoms with van der Waals surface area (Å²) in [6, 6.07) is 5.38. The highest BCUT2D eigenvalue weighted by Crippen LogP contribution is 2.21. The van der Waals surface area contributed by atoms with Crippen LogP contribution >= 0.6 is 0 Å². The summed E-state index contributed by atoms with van der Waals surface area (Å²) >= 11 is 0. The molecule has 0 saturated heterocycles. The van der Waals surface area contributed by atoms with Gasteiger partial charge in [-0.3, -0.25) is 0 Å². The van der Waals surface area contributed by atoms with Crippen molar-refractivity contribution in [3.05, 3.63) is 29.8 Å². The van der Waals surface area contributed by atoms with Crippen molar-refractivity contribution in [2.24, 2.45) is 0 Å². The minimum absolute atomic E-state index is 0.00360. The van der Waals surface area contributed by atoms with Crippen molar-refractivity contribution < 1.29 is 28.2 Å². The van der Waals surface area contributed by atoms with E-state index in [1.165, 1.54) is 24.3 Å². The van der Waals surface area contributed by atoms with E-state index in [9.17, 15) is 23.4 Å². The van der Waals surface area contributed by atoms with Crippen LogP contribution in [0.2, 0.25) is 0 Å². The maximum absolute atomic E-state index is 11.3. The number of ether oxygens (including phenoxy) is 1. The molecule has 0 aromatic heterocycles. The molecular formula is C11H14O6S. The fourth-order valence-corrected chi connectivity index (χ4v) is 2.04. The molecule has 7 heteroatoms. The molecule has 6 nitrogen and oxygen atoms in total. The first-order valence-electron chi connectivity index (χ1n) is 5.01. The van der Waals surface area contributed by atoms with E-state index in [0.717, 1.165) is 13.4 Å².